The summed E-state index contributed by atoms with van der Waals surface area (Å²) in [4.78, 5) is 0. The number of nitriles is 1. The molecule has 1 atom stereocenters. The van der Waals surface area contributed by atoms with Gasteiger partial charge < -0.3 is 14.6 Å². The Morgan fingerprint density at radius 2 is 1.55 bits per heavy atom. The first-order valence-electron chi connectivity index (χ1n) is 6.10. The van der Waals surface area contributed by atoms with Crippen LogP contribution >= 0.6 is 0 Å². The smallest absolute Gasteiger partial charge is 0.128 e. The van der Waals surface area contributed by atoms with Gasteiger partial charge in [0, 0.05) is 0 Å². The Balaban J connectivity index is 2.46. The van der Waals surface area contributed by atoms with Crippen LogP contribution in [-0.2, 0) is 0 Å². The van der Waals surface area contributed by atoms with Crippen LogP contribution in [0.1, 0.15) is 22.8 Å². The van der Waals surface area contributed by atoms with E-state index < -0.39 is 6.10 Å². The second-order valence-electron chi connectivity index (χ2n) is 4.21. The largest absolute Gasteiger partial charge is 0.496 e. The molecule has 0 aromatic heterocycles. The first-order chi connectivity index (χ1) is 9.71. The van der Waals surface area contributed by atoms with Gasteiger partial charge in [-0.2, -0.15) is 5.26 Å². The number of aliphatic hydroxyl groups is 1. The molecule has 2 rings (SSSR count). The molecule has 0 aliphatic heterocycles. The van der Waals surface area contributed by atoms with E-state index in [-0.39, 0.29) is 0 Å². The van der Waals surface area contributed by atoms with Crippen LogP contribution in [0.5, 0.6) is 11.5 Å². The minimum absolute atomic E-state index is 0.549. The van der Waals surface area contributed by atoms with Crippen LogP contribution in [0.2, 0.25) is 0 Å². The van der Waals surface area contributed by atoms with Gasteiger partial charge in [0.15, 0.2) is 0 Å². The lowest BCUT2D eigenvalue weighted by atomic mass is 9.99. The lowest BCUT2D eigenvalue weighted by Gasteiger charge is -2.18. The minimum Gasteiger partial charge on any atom is -0.496 e. The van der Waals surface area contributed by atoms with E-state index in [1.165, 1.54) is 0 Å². The second-order valence-corrected chi connectivity index (χ2v) is 4.21. The number of aliphatic hydroxyl groups excluding tert-OH is 1. The first-order valence-corrected chi connectivity index (χ1v) is 6.10. The molecule has 0 spiro atoms. The topological polar surface area (TPSA) is 62.5 Å². The van der Waals surface area contributed by atoms with Gasteiger partial charge in [0.05, 0.1) is 31.4 Å². The fraction of sp³-hybridized carbons (Fsp3) is 0.188. The summed E-state index contributed by atoms with van der Waals surface area (Å²) in [6.07, 6.45) is -0.881. The maximum Gasteiger partial charge on any atom is 0.128 e. The van der Waals surface area contributed by atoms with E-state index in [1.807, 2.05) is 6.07 Å². The van der Waals surface area contributed by atoms with Gasteiger partial charge in [-0.05, 0) is 29.8 Å². The van der Waals surface area contributed by atoms with Crippen molar-refractivity contribution >= 4 is 0 Å². The Bertz CT molecular complexity index is 607. The first kappa shape index (κ1) is 13.9. The van der Waals surface area contributed by atoms with Gasteiger partial charge in [-0.25, -0.2) is 0 Å². The monoisotopic (exact) mass is 269 g/mol. The number of hydrogen-bond acceptors (Lipinski definition) is 4. The number of benzene rings is 2. The maximum absolute atomic E-state index is 10.5. The predicted octanol–water partition coefficient (Wildman–Crippen LogP) is 2.66. The third kappa shape index (κ3) is 2.58. The molecule has 0 radical (unpaired) electrons. The highest BCUT2D eigenvalue weighted by Crippen LogP contribution is 2.37. The molecule has 1 unspecified atom stereocenters. The summed E-state index contributed by atoms with van der Waals surface area (Å²) in [6.45, 7) is 0. The predicted molar refractivity (Wildman–Crippen MR) is 74.8 cm³/mol. The van der Waals surface area contributed by atoms with Gasteiger partial charge in [0.1, 0.15) is 17.6 Å². The molecule has 0 aliphatic rings. The van der Waals surface area contributed by atoms with E-state index in [4.69, 9.17) is 14.7 Å². The van der Waals surface area contributed by atoms with Crippen LogP contribution in [0.25, 0.3) is 0 Å². The SMILES string of the molecule is COc1cccc(OC)c1C(O)c1ccc(C#N)cc1. The zero-order valence-electron chi connectivity index (χ0n) is 11.3. The fourth-order valence-electron chi connectivity index (χ4n) is 2.06. The molecule has 1 N–H and O–H groups in total. The van der Waals surface area contributed by atoms with Gasteiger partial charge >= 0.3 is 0 Å². The molecule has 0 saturated carbocycles. The summed E-state index contributed by atoms with van der Waals surface area (Å²) < 4.78 is 10.6. The molecule has 0 saturated heterocycles. The van der Waals surface area contributed by atoms with E-state index in [1.54, 1.807) is 56.7 Å². The van der Waals surface area contributed by atoms with Crippen LogP contribution in [0.4, 0.5) is 0 Å². The molecule has 4 heteroatoms. The maximum atomic E-state index is 10.5. The molecule has 102 valence electrons. The minimum atomic E-state index is -0.881. The molecule has 2 aromatic rings. The Morgan fingerprint density at radius 1 is 1.00 bits per heavy atom. The normalized spacial score (nSPS) is 11.5. The summed E-state index contributed by atoms with van der Waals surface area (Å²) in [5.74, 6) is 1.11. The number of hydrogen-bond donors (Lipinski definition) is 1. The third-order valence-electron chi connectivity index (χ3n) is 3.09. The Kier molecular flexibility index (Phi) is 4.24. The van der Waals surface area contributed by atoms with Crippen molar-refractivity contribution in [2.45, 2.75) is 6.10 Å². The highest BCUT2D eigenvalue weighted by Gasteiger charge is 2.20. The van der Waals surface area contributed by atoms with Gasteiger partial charge in [0.2, 0.25) is 0 Å². The van der Waals surface area contributed by atoms with Crippen molar-refractivity contribution in [2.24, 2.45) is 0 Å². The van der Waals surface area contributed by atoms with Crippen molar-refractivity contribution in [3.8, 4) is 17.6 Å². The van der Waals surface area contributed by atoms with Crippen molar-refractivity contribution in [3.63, 3.8) is 0 Å². The van der Waals surface area contributed by atoms with Crippen LogP contribution in [0.15, 0.2) is 42.5 Å². The summed E-state index contributed by atoms with van der Waals surface area (Å²) >= 11 is 0. The Hall–Kier alpha value is -2.51. The number of methoxy groups -OCH3 is 2. The molecular weight excluding hydrogens is 254 g/mol. The van der Waals surface area contributed by atoms with Crippen LogP contribution in [0.3, 0.4) is 0 Å². The Morgan fingerprint density at radius 3 is 2.00 bits per heavy atom. The molecular formula is C16H15NO3. The average molecular weight is 269 g/mol. The Labute approximate surface area is 117 Å². The quantitative estimate of drug-likeness (QED) is 0.926. The van der Waals surface area contributed by atoms with Gasteiger partial charge in [-0.15, -0.1) is 0 Å². The van der Waals surface area contributed by atoms with E-state index in [9.17, 15) is 5.11 Å². The summed E-state index contributed by atoms with van der Waals surface area (Å²) in [5.41, 5.74) is 1.79. The molecule has 4 nitrogen and oxygen atoms in total. The standard InChI is InChI=1S/C16H15NO3/c1-19-13-4-3-5-14(20-2)15(13)16(18)12-8-6-11(10-17)7-9-12/h3-9,16,18H,1-2H3. The molecule has 0 aliphatic carbocycles. The highest BCUT2D eigenvalue weighted by atomic mass is 16.5. The van der Waals surface area contributed by atoms with Crippen molar-refractivity contribution < 1.29 is 14.6 Å². The molecule has 0 bridgehead atoms. The van der Waals surface area contributed by atoms with Crippen molar-refractivity contribution in [2.75, 3.05) is 14.2 Å². The number of rotatable bonds is 4. The van der Waals surface area contributed by atoms with Crippen molar-refractivity contribution in [3.05, 3.63) is 59.2 Å². The molecule has 0 heterocycles. The number of nitrogens with zero attached hydrogens (tertiary/aromatic N) is 1. The van der Waals surface area contributed by atoms with E-state index in [0.29, 0.717) is 28.2 Å². The average Bonchev–Trinajstić information content (AvgIpc) is 2.53. The molecule has 0 fully saturated rings. The third-order valence-corrected chi connectivity index (χ3v) is 3.09. The van der Waals surface area contributed by atoms with E-state index in [2.05, 4.69) is 0 Å². The zero-order chi connectivity index (χ0) is 14.5. The van der Waals surface area contributed by atoms with E-state index >= 15 is 0 Å². The molecule has 0 amide bonds. The van der Waals surface area contributed by atoms with Crippen LogP contribution < -0.4 is 9.47 Å². The highest BCUT2D eigenvalue weighted by molar-refractivity contribution is 5.50. The summed E-state index contributed by atoms with van der Waals surface area (Å²) in [5, 5.41) is 19.3. The van der Waals surface area contributed by atoms with Crippen molar-refractivity contribution in [1.82, 2.24) is 0 Å². The second kappa shape index (κ2) is 6.09. The van der Waals surface area contributed by atoms with Gasteiger partial charge in [0.25, 0.3) is 0 Å². The lowest BCUT2D eigenvalue weighted by Crippen LogP contribution is -2.05. The van der Waals surface area contributed by atoms with Crippen LogP contribution in [0, 0.1) is 11.3 Å². The van der Waals surface area contributed by atoms with Crippen LogP contribution in [-0.4, -0.2) is 19.3 Å². The summed E-state index contributed by atoms with van der Waals surface area (Å²) in [6, 6.07) is 14.2. The fourth-order valence-corrected chi connectivity index (χ4v) is 2.06. The summed E-state index contributed by atoms with van der Waals surface area (Å²) in [7, 11) is 3.09. The molecule has 2 aromatic carbocycles. The molecule has 20 heavy (non-hydrogen) atoms. The van der Waals surface area contributed by atoms with Gasteiger partial charge in [-0.3, -0.25) is 0 Å². The zero-order valence-corrected chi connectivity index (χ0v) is 11.3. The van der Waals surface area contributed by atoms with Gasteiger partial charge in [-0.1, -0.05) is 18.2 Å². The number of ether oxygens (including phenoxy) is 2. The van der Waals surface area contributed by atoms with E-state index in [0.717, 1.165) is 0 Å². The van der Waals surface area contributed by atoms with Crippen molar-refractivity contribution in [1.29, 1.82) is 5.26 Å². The lowest BCUT2D eigenvalue weighted by molar-refractivity contribution is 0.209.